The number of aromatic nitrogens is 1. The van der Waals surface area contributed by atoms with Crippen LogP contribution < -0.4 is 5.73 Å². The number of hydrogen-bond acceptors (Lipinski definition) is 1. The third kappa shape index (κ3) is 1.71. The van der Waals surface area contributed by atoms with Crippen LogP contribution in [-0.2, 0) is 0 Å². The van der Waals surface area contributed by atoms with Crippen molar-refractivity contribution in [3.8, 4) is 0 Å². The molecule has 2 atom stereocenters. The van der Waals surface area contributed by atoms with Crippen LogP contribution in [0.25, 0.3) is 10.9 Å². The number of fused-ring (bicyclic) bond motifs is 1. The summed E-state index contributed by atoms with van der Waals surface area (Å²) in [4.78, 5) is 3.09. The van der Waals surface area contributed by atoms with Crippen LogP contribution in [0, 0.1) is 5.82 Å². The number of rotatable bonds is 3. The minimum Gasteiger partial charge on any atom is -0.361 e. The molecule has 3 heteroatoms. The van der Waals surface area contributed by atoms with Crippen molar-refractivity contribution in [3.63, 3.8) is 0 Å². The summed E-state index contributed by atoms with van der Waals surface area (Å²) >= 11 is 0. The molecule has 2 rings (SSSR count). The van der Waals surface area contributed by atoms with Crippen LogP contribution in [0.3, 0.4) is 0 Å². The molecule has 0 radical (unpaired) electrons. The summed E-state index contributed by atoms with van der Waals surface area (Å²) in [5, 5.41) is 0.680. The quantitative estimate of drug-likeness (QED) is 0.819. The summed E-state index contributed by atoms with van der Waals surface area (Å²) in [6.07, 6.45) is 2.76. The molecule has 16 heavy (non-hydrogen) atoms. The highest BCUT2D eigenvalue weighted by Gasteiger charge is 2.18. The maximum Gasteiger partial charge on any atom is 0.132 e. The van der Waals surface area contributed by atoms with Gasteiger partial charge in [0.1, 0.15) is 5.82 Å². The first-order valence-corrected chi connectivity index (χ1v) is 5.66. The fraction of sp³-hybridized carbons (Fsp3) is 0.385. The first kappa shape index (κ1) is 11.1. The molecule has 0 bridgehead atoms. The molecule has 0 fully saturated rings. The fourth-order valence-corrected chi connectivity index (χ4v) is 2.11. The Hall–Kier alpha value is -1.35. The topological polar surface area (TPSA) is 41.8 Å². The molecule has 0 aliphatic carbocycles. The number of aromatic amines is 1. The molecular weight excluding hydrogens is 203 g/mol. The van der Waals surface area contributed by atoms with E-state index in [1.54, 1.807) is 6.07 Å². The van der Waals surface area contributed by atoms with Crippen molar-refractivity contribution in [2.45, 2.75) is 32.2 Å². The Labute approximate surface area is 94.7 Å². The Balaban J connectivity index is 2.53. The van der Waals surface area contributed by atoms with Crippen LogP contribution in [0.2, 0.25) is 0 Å². The van der Waals surface area contributed by atoms with Crippen LogP contribution in [0.4, 0.5) is 4.39 Å². The van der Waals surface area contributed by atoms with Gasteiger partial charge in [-0.1, -0.05) is 19.9 Å². The smallest absolute Gasteiger partial charge is 0.132 e. The lowest BCUT2D eigenvalue weighted by Crippen LogP contribution is -2.25. The number of halogens is 1. The molecule has 1 heterocycles. The van der Waals surface area contributed by atoms with Crippen molar-refractivity contribution in [1.82, 2.24) is 4.98 Å². The highest BCUT2D eigenvalue weighted by molar-refractivity contribution is 5.84. The lowest BCUT2D eigenvalue weighted by Gasteiger charge is -2.17. The lowest BCUT2D eigenvalue weighted by molar-refractivity contribution is 0.552. The molecule has 2 aromatic rings. The van der Waals surface area contributed by atoms with E-state index in [0.717, 1.165) is 17.5 Å². The zero-order valence-corrected chi connectivity index (χ0v) is 9.63. The fourth-order valence-electron chi connectivity index (χ4n) is 2.11. The van der Waals surface area contributed by atoms with E-state index in [1.807, 2.05) is 26.1 Å². The van der Waals surface area contributed by atoms with Gasteiger partial charge in [-0.3, -0.25) is 0 Å². The van der Waals surface area contributed by atoms with Gasteiger partial charge in [0.2, 0.25) is 0 Å². The van der Waals surface area contributed by atoms with E-state index in [0.29, 0.717) is 5.39 Å². The van der Waals surface area contributed by atoms with E-state index in [4.69, 9.17) is 5.73 Å². The van der Waals surface area contributed by atoms with Crippen molar-refractivity contribution in [2.75, 3.05) is 0 Å². The first-order valence-electron chi connectivity index (χ1n) is 5.66. The van der Waals surface area contributed by atoms with Crippen LogP contribution in [0.5, 0.6) is 0 Å². The minimum atomic E-state index is -0.177. The summed E-state index contributed by atoms with van der Waals surface area (Å²) in [7, 11) is 0. The summed E-state index contributed by atoms with van der Waals surface area (Å²) in [6.45, 7) is 4.09. The molecule has 0 spiro atoms. The minimum absolute atomic E-state index is 0.0682. The van der Waals surface area contributed by atoms with Gasteiger partial charge in [0.15, 0.2) is 0 Å². The van der Waals surface area contributed by atoms with E-state index in [-0.39, 0.29) is 17.8 Å². The molecule has 3 N–H and O–H groups in total. The second-order valence-corrected chi connectivity index (χ2v) is 4.27. The molecule has 0 aliphatic heterocycles. The average molecular weight is 220 g/mol. The third-order valence-corrected chi connectivity index (χ3v) is 3.29. The van der Waals surface area contributed by atoms with Gasteiger partial charge in [0, 0.05) is 23.1 Å². The molecule has 0 aliphatic rings. The van der Waals surface area contributed by atoms with Gasteiger partial charge in [-0.2, -0.15) is 0 Å². The average Bonchev–Trinajstić information content (AvgIpc) is 2.72. The van der Waals surface area contributed by atoms with Crippen LogP contribution >= 0.6 is 0 Å². The maximum atomic E-state index is 13.7. The van der Waals surface area contributed by atoms with E-state index in [1.165, 1.54) is 6.07 Å². The Bertz CT molecular complexity index is 490. The monoisotopic (exact) mass is 220 g/mol. The van der Waals surface area contributed by atoms with Crippen LogP contribution in [-0.4, -0.2) is 11.0 Å². The summed E-state index contributed by atoms with van der Waals surface area (Å²) in [5.74, 6) is -0.0143. The van der Waals surface area contributed by atoms with Crippen molar-refractivity contribution in [2.24, 2.45) is 5.73 Å². The highest BCUT2D eigenvalue weighted by atomic mass is 19.1. The number of benzene rings is 1. The number of hydrogen-bond donors (Lipinski definition) is 2. The third-order valence-electron chi connectivity index (χ3n) is 3.29. The van der Waals surface area contributed by atoms with Crippen molar-refractivity contribution < 1.29 is 4.39 Å². The molecule has 0 saturated heterocycles. The van der Waals surface area contributed by atoms with E-state index < -0.39 is 0 Å². The molecule has 0 unspecified atom stereocenters. The van der Waals surface area contributed by atoms with Crippen molar-refractivity contribution in [1.29, 1.82) is 0 Å². The Kier molecular flexibility index (Phi) is 2.97. The molecule has 1 aromatic heterocycles. The highest BCUT2D eigenvalue weighted by Crippen LogP contribution is 2.29. The summed E-state index contributed by atoms with van der Waals surface area (Å²) in [5.41, 5.74) is 7.83. The van der Waals surface area contributed by atoms with Gasteiger partial charge in [0.25, 0.3) is 0 Å². The van der Waals surface area contributed by atoms with Gasteiger partial charge in [-0.25, -0.2) is 4.39 Å². The molecule has 86 valence electrons. The lowest BCUT2D eigenvalue weighted by atomic mass is 9.92. The van der Waals surface area contributed by atoms with Crippen LogP contribution in [0.1, 0.15) is 31.7 Å². The zero-order valence-electron chi connectivity index (χ0n) is 9.63. The second kappa shape index (κ2) is 4.26. The van der Waals surface area contributed by atoms with E-state index >= 15 is 0 Å². The van der Waals surface area contributed by atoms with Crippen LogP contribution in [0.15, 0.2) is 24.4 Å². The Morgan fingerprint density at radius 2 is 2.19 bits per heavy atom. The van der Waals surface area contributed by atoms with Gasteiger partial charge in [0.05, 0.1) is 0 Å². The number of nitrogens with one attached hydrogen (secondary N) is 1. The Morgan fingerprint density at radius 3 is 2.88 bits per heavy atom. The zero-order chi connectivity index (χ0) is 11.7. The second-order valence-electron chi connectivity index (χ2n) is 4.27. The standard InChI is InChI=1S/C13H17FN2/c1-3-11(15)8(2)9-7-16-12-6-4-5-10(14)13(9)12/h4-8,11,16H,3,15H2,1-2H3/t8-,11-/m0/s1. The first-order chi connectivity index (χ1) is 7.65. The largest absolute Gasteiger partial charge is 0.361 e. The van der Waals surface area contributed by atoms with E-state index in [9.17, 15) is 4.39 Å². The SMILES string of the molecule is CC[C@H](N)[C@@H](C)c1c[nH]c2cccc(F)c12. The molecular formula is C13H17FN2. The summed E-state index contributed by atoms with van der Waals surface area (Å²) < 4.78 is 13.7. The van der Waals surface area contributed by atoms with Gasteiger partial charge in [-0.15, -0.1) is 0 Å². The number of nitrogens with two attached hydrogens (primary N) is 1. The normalized spacial score (nSPS) is 15.2. The molecule has 2 nitrogen and oxygen atoms in total. The molecule has 0 saturated carbocycles. The predicted molar refractivity (Wildman–Crippen MR) is 64.9 cm³/mol. The van der Waals surface area contributed by atoms with Crippen molar-refractivity contribution >= 4 is 10.9 Å². The van der Waals surface area contributed by atoms with E-state index in [2.05, 4.69) is 4.98 Å². The van der Waals surface area contributed by atoms with Crippen molar-refractivity contribution in [3.05, 3.63) is 35.8 Å². The number of H-pyrrole nitrogens is 1. The predicted octanol–water partition coefficient (Wildman–Crippen LogP) is 3.15. The van der Waals surface area contributed by atoms with Gasteiger partial charge >= 0.3 is 0 Å². The Morgan fingerprint density at radius 1 is 1.44 bits per heavy atom. The maximum absolute atomic E-state index is 13.7. The van der Waals surface area contributed by atoms with Gasteiger partial charge < -0.3 is 10.7 Å². The molecule has 0 amide bonds. The molecule has 1 aromatic carbocycles. The van der Waals surface area contributed by atoms with Gasteiger partial charge in [-0.05, 0) is 30.0 Å². The summed E-state index contributed by atoms with van der Waals surface area (Å²) in [6, 6.07) is 5.15.